The highest BCUT2D eigenvalue weighted by molar-refractivity contribution is 5.96. The van der Waals surface area contributed by atoms with Gasteiger partial charge in [0.25, 0.3) is 11.8 Å². The molecule has 0 saturated heterocycles. The summed E-state index contributed by atoms with van der Waals surface area (Å²) < 4.78 is 10.5. The Kier molecular flexibility index (Phi) is 5.17. The van der Waals surface area contributed by atoms with E-state index in [0.29, 0.717) is 11.5 Å². The molecule has 3 rings (SSSR count). The summed E-state index contributed by atoms with van der Waals surface area (Å²) in [6.45, 7) is 3.61. The van der Waals surface area contributed by atoms with E-state index in [2.05, 4.69) is 15.6 Å². The van der Waals surface area contributed by atoms with Crippen LogP contribution in [0.1, 0.15) is 58.4 Å². The van der Waals surface area contributed by atoms with Crippen LogP contribution < -0.4 is 10.6 Å². The second-order valence-electron chi connectivity index (χ2n) is 5.83. The minimum absolute atomic E-state index is 0.154. The van der Waals surface area contributed by atoms with E-state index < -0.39 is 0 Å². The average molecular weight is 353 g/mol. The van der Waals surface area contributed by atoms with Crippen LogP contribution in [-0.2, 0) is 0 Å². The summed E-state index contributed by atoms with van der Waals surface area (Å²) in [6.07, 6.45) is 3.09. The van der Waals surface area contributed by atoms with Crippen LogP contribution in [0.2, 0.25) is 0 Å². The van der Waals surface area contributed by atoms with Crippen molar-refractivity contribution in [3.63, 3.8) is 0 Å². The first-order valence-corrected chi connectivity index (χ1v) is 8.20. The maximum atomic E-state index is 12.4. The second-order valence-corrected chi connectivity index (χ2v) is 5.83. The highest BCUT2D eigenvalue weighted by atomic mass is 16.3. The predicted molar refractivity (Wildman–Crippen MR) is 93.4 cm³/mol. The molecule has 0 aliphatic carbocycles. The number of hydrogen-bond acceptors (Lipinski definition) is 5. The molecule has 7 nitrogen and oxygen atoms in total. The van der Waals surface area contributed by atoms with Crippen molar-refractivity contribution in [2.75, 3.05) is 0 Å². The van der Waals surface area contributed by atoms with Gasteiger partial charge >= 0.3 is 0 Å². The van der Waals surface area contributed by atoms with Gasteiger partial charge in [-0.05, 0) is 50.2 Å². The Balaban J connectivity index is 1.67. The van der Waals surface area contributed by atoms with Crippen molar-refractivity contribution < 1.29 is 18.4 Å². The van der Waals surface area contributed by atoms with Crippen LogP contribution in [-0.4, -0.2) is 16.8 Å². The van der Waals surface area contributed by atoms with Gasteiger partial charge in [0.2, 0.25) is 0 Å². The van der Waals surface area contributed by atoms with Crippen molar-refractivity contribution in [2.24, 2.45) is 0 Å². The highest BCUT2D eigenvalue weighted by Crippen LogP contribution is 2.14. The minimum Gasteiger partial charge on any atom is -0.467 e. The third kappa shape index (κ3) is 4.00. The second kappa shape index (κ2) is 7.69. The number of amides is 2. The maximum Gasteiger partial charge on any atom is 0.270 e. The minimum atomic E-state index is -0.386. The van der Waals surface area contributed by atoms with E-state index in [9.17, 15) is 9.59 Å². The van der Waals surface area contributed by atoms with Gasteiger partial charge in [-0.2, -0.15) is 0 Å². The zero-order valence-electron chi connectivity index (χ0n) is 14.4. The number of rotatable bonds is 6. The molecule has 3 heterocycles. The molecule has 0 aliphatic heterocycles. The number of carbonyl (C=O) groups is 2. The molecule has 134 valence electrons. The van der Waals surface area contributed by atoms with Gasteiger partial charge in [0.1, 0.15) is 22.9 Å². The largest absolute Gasteiger partial charge is 0.467 e. The molecular formula is C19H19N3O4. The van der Waals surface area contributed by atoms with Crippen LogP contribution in [0.25, 0.3) is 0 Å². The zero-order chi connectivity index (χ0) is 18.5. The molecule has 3 aromatic heterocycles. The quantitative estimate of drug-likeness (QED) is 0.709. The molecule has 0 bridgehead atoms. The van der Waals surface area contributed by atoms with Gasteiger partial charge in [0, 0.05) is 0 Å². The predicted octanol–water partition coefficient (Wildman–Crippen LogP) is 3.25. The molecule has 2 N–H and O–H groups in total. The summed E-state index contributed by atoms with van der Waals surface area (Å²) in [4.78, 5) is 28.9. The molecule has 0 spiro atoms. The van der Waals surface area contributed by atoms with E-state index in [1.165, 1.54) is 0 Å². The smallest absolute Gasteiger partial charge is 0.270 e. The molecule has 0 radical (unpaired) electrons. The molecule has 0 aliphatic rings. The fourth-order valence-corrected chi connectivity index (χ4v) is 2.45. The molecule has 0 aromatic carbocycles. The van der Waals surface area contributed by atoms with E-state index in [1.807, 2.05) is 0 Å². The summed E-state index contributed by atoms with van der Waals surface area (Å²) in [7, 11) is 0. The number of carbonyl (C=O) groups excluding carboxylic acids is 2. The van der Waals surface area contributed by atoms with Crippen molar-refractivity contribution in [3.05, 3.63) is 77.9 Å². The first-order chi connectivity index (χ1) is 12.5. The summed E-state index contributed by atoms with van der Waals surface area (Å²) in [5.74, 6) is 0.504. The SMILES string of the molecule is CC(NC(=O)c1cccc(C(=O)NC(C)c2ccco2)n1)c1ccco1. The van der Waals surface area contributed by atoms with Crippen LogP contribution in [0.4, 0.5) is 0 Å². The van der Waals surface area contributed by atoms with Crippen molar-refractivity contribution >= 4 is 11.8 Å². The number of nitrogens with zero attached hydrogens (tertiary/aromatic N) is 1. The van der Waals surface area contributed by atoms with E-state index in [-0.39, 0.29) is 35.3 Å². The van der Waals surface area contributed by atoms with E-state index in [1.54, 1.807) is 68.8 Å². The van der Waals surface area contributed by atoms with Gasteiger partial charge in [-0.3, -0.25) is 9.59 Å². The van der Waals surface area contributed by atoms with E-state index >= 15 is 0 Å². The van der Waals surface area contributed by atoms with Gasteiger partial charge < -0.3 is 19.5 Å². The third-order valence-corrected chi connectivity index (χ3v) is 3.85. The maximum absolute atomic E-state index is 12.4. The molecule has 3 aromatic rings. The van der Waals surface area contributed by atoms with Crippen LogP contribution in [0, 0.1) is 0 Å². The van der Waals surface area contributed by atoms with Gasteiger partial charge in [0.05, 0.1) is 24.6 Å². The number of hydrogen-bond donors (Lipinski definition) is 2. The molecule has 7 heteroatoms. The van der Waals surface area contributed by atoms with Crippen LogP contribution in [0.15, 0.2) is 63.8 Å². The topological polar surface area (TPSA) is 97.4 Å². The molecule has 0 fully saturated rings. The van der Waals surface area contributed by atoms with Gasteiger partial charge in [-0.25, -0.2) is 4.98 Å². The molecule has 0 saturated carbocycles. The van der Waals surface area contributed by atoms with Crippen molar-refractivity contribution in [2.45, 2.75) is 25.9 Å². The van der Waals surface area contributed by atoms with Crippen LogP contribution in [0.5, 0.6) is 0 Å². The molecule has 2 unspecified atom stereocenters. The summed E-state index contributed by atoms with van der Waals surface area (Å²) >= 11 is 0. The van der Waals surface area contributed by atoms with Crippen molar-refractivity contribution in [3.8, 4) is 0 Å². The summed E-state index contributed by atoms with van der Waals surface area (Å²) in [6, 6.07) is 11.2. The lowest BCUT2D eigenvalue weighted by atomic mass is 10.2. The van der Waals surface area contributed by atoms with Crippen molar-refractivity contribution in [1.29, 1.82) is 0 Å². The Labute approximate surface area is 150 Å². The lowest BCUT2D eigenvalue weighted by molar-refractivity contribution is 0.0926. The molecule has 2 atom stereocenters. The molecule has 2 amide bonds. The van der Waals surface area contributed by atoms with Crippen molar-refractivity contribution in [1.82, 2.24) is 15.6 Å². The lowest BCUT2D eigenvalue weighted by Gasteiger charge is -2.13. The van der Waals surface area contributed by atoms with Gasteiger partial charge in [-0.15, -0.1) is 0 Å². The van der Waals surface area contributed by atoms with Gasteiger partial charge in [0.15, 0.2) is 0 Å². The third-order valence-electron chi connectivity index (χ3n) is 3.85. The number of furan rings is 2. The Morgan fingerprint density at radius 3 is 1.65 bits per heavy atom. The summed E-state index contributed by atoms with van der Waals surface area (Å²) in [5.41, 5.74) is 0.309. The summed E-state index contributed by atoms with van der Waals surface area (Å²) in [5, 5.41) is 5.57. The number of aromatic nitrogens is 1. The first kappa shape index (κ1) is 17.5. The number of pyridine rings is 1. The lowest BCUT2D eigenvalue weighted by Crippen LogP contribution is -2.30. The van der Waals surface area contributed by atoms with Crippen LogP contribution >= 0.6 is 0 Å². The average Bonchev–Trinajstić information content (AvgIpc) is 3.35. The van der Waals surface area contributed by atoms with E-state index in [4.69, 9.17) is 8.83 Å². The standard InChI is InChI=1S/C19H19N3O4/c1-12(16-8-4-10-25-16)20-18(23)14-6-3-7-15(22-14)19(24)21-13(2)17-9-5-11-26-17/h3-13H,1-2H3,(H,20,23)(H,21,24). The normalized spacial score (nSPS) is 13.0. The fourth-order valence-electron chi connectivity index (χ4n) is 2.45. The Morgan fingerprint density at radius 1 is 0.808 bits per heavy atom. The first-order valence-electron chi connectivity index (χ1n) is 8.20. The number of nitrogens with one attached hydrogen (secondary N) is 2. The van der Waals surface area contributed by atoms with Crippen LogP contribution in [0.3, 0.4) is 0 Å². The fraction of sp³-hybridized carbons (Fsp3) is 0.211. The Hall–Kier alpha value is -3.35. The molecule has 26 heavy (non-hydrogen) atoms. The molecular weight excluding hydrogens is 334 g/mol. The van der Waals surface area contributed by atoms with E-state index in [0.717, 1.165) is 0 Å². The Morgan fingerprint density at radius 2 is 1.27 bits per heavy atom. The highest BCUT2D eigenvalue weighted by Gasteiger charge is 2.18. The Bertz CT molecular complexity index is 803. The monoisotopic (exact) mass is 353 g/mol. The zero-order valence-corrected chi connectivity index (χ0v) is 14.4. The van der Waals surface area contributed by atoms with Gasteiger partial charge in [-0.1, -0.05) is 6.07 Å².